The number of pyridine rings is 1. The molecule has 1 aromatic carbocycles. The number of para-hydroxylation sites is 2. The maximum Gasteiger partial charge on any atom is 0.139 e. The lowest BCUT2D eigenvalue weighted by Crippen LogP contribution is -1.99. The summed E-state index contributed by atoms with van der Waals surface area (Å²) in [5.74, 6) is 1.77. The van der Waals surface area contributed by atoms with Gasteiger partial charge in [0.15, 0.2) is 0 Å². The van der Waals surface area contributed by atoms with Crippen molar-refractivity contribution in [2.45, 2.75) is 13.8 Å². The molecule has 5 heteroatoms. The number of aromatic nitrogens is 3. The monoisotopic (exact) mass is 367 g/mol. The molecule has 0 N–H and O–H groups in total. The van der Waals surface area contributed by atoms with Crippen LogP contribution in [0.25, 0.3) is 29.0 Å². The summed E-state index contributed by atoms with van der Waals surface area (Å²) in [5.41, 5.74) is 3.28. The third kappa shape index (κ3) is 3.36. The molecular formula is C20H18ClN3S. The molecule has 0 aliphatic carbocycles. The molecule has 0 spiro atoms. The van der Waals surface area contributed by atoms with E-state index in [0.29, 0.717) is 0 Å². The molecular weight excluding hydrogens is 350 g/mol. The van der Waals surface area contributed by atoms with Gasteiger partial charge in [0.1, 0.15) is 11.6 Å². The molecule has 3 nitrogen and oxygen atoms in total. The van der Waals surface area contributed by atoms with E-state index in [-0.39, 0.29) is 12.4 Å². The first-order valence-electron chi connectivity index (χ1n) is 7.86. The van der Waals surface area contributed by atoms with Crippen LogP contribution in [0.1, 0.15) is 21.1 Å². The minimum absolute atomic E-state index is 0. The summed E-state index contributed by atoms with van der Waals surface area (Å²) in [6.45, 7) is 4.29. The molecule has 0 bridgehead atoms. The fourth-order valence-electron chi connectivity index (χ4n) is 2.86. The van der Waals surface area contributed by atoms with Gasteiger partial charge in [-0.3, -0.25) is 4.57 Å². The van der Waals surface area contributed by atoms with Gasteiger partial charge in [0.2, 0.25) is 0 Å². The molecule has 3 heterocycles. The lowest BCUT2D eigenvalue weighted by molar-refractivity contribution is 1.01. The molecule has 3 aromatic heterocycles. The van der Waals surface area contributed by atoms with Crippen molar-refractivity contribution in [3.8, 4) is 5.82 Å². The summed E-state index contributed by atoms with van der Waals surface area (Å²) < 4.78 is 2.10. The van der Waals surface area contributed by atoms with E-state index in [2.05, 4.69) is 47.7 Å². The van der Waals surface area contributed by atoms with Crippen LogP contribution in [0.15, 0.2) is 54.7 Å². The number of benzene rings is 1. The highest BCUT2D eigenvalue weighted by Crippen LogP contribution is 2.25. The molecule has 126 valence electrons. The van der Waals surface area contributed by atoms with Crippen molar-refractivity contribution in [2.75, 3.05) is 0 Å². The van der Waals surface area contributed by atoms with Gasteiger partial charge in [0.25, 0.3) is 0 Å². The maximum atomic E-state index is 4.78. The Bertz CT molecular complexity index is 1030. The van der Waals surface area contributed by atoms with Crippen molar-refractivity contribution < 1.29 is 0 Å². The highest BCUT2D eigenvalue weighted by molar-refractivity contribution is 7.12. The van der Waals surface area contributed by atoms with E-state index in [1.165, 1.54) is 15.3 Å². The van der Waals surface area contributed by atoms with Gasteiger partial charge in [-0.1, -0.05) is 24.3 Å². The molecule has 0 atom stereocenters. The van der Waals surface area contributed by atoms with Crippen LogP contribution in [0, 0.1) is 13.8 Å². The Morgan fingerprint density at radius 2 is 1.80 bits per heavy atom. The van der Waals surface area contributed by atoms with Crippen LogP contribution >= 0.6 is 23.7 Å². The van der Waals surface area contributed by atoms with Gasteiger partial charge in [-0.15, -0.1) is 23.7 Å². The van der Waals surface area contributed by atoms with Gasteiger partial charge >= 0.3 is 0 Å². The number of rotatable bonds is 3. The largest absolute Gasteiger partial charge is 0.277 e. The number of nitrogens with zero attached hydrogens (tertiary/aromatic N) is 3. The fraction of sp³-hybridized carbons (Fsp3) is 0.100. The van der Waals surface area contributed by atoms with E-state index < -0.39 is 0 Å². The summed E-state index contributed by atoms with van der Waals surface area (Å²) >= 11 is 1.82. The van der Waals surface area contributed by atoms with E-state index in [4.69, 9.17) is 4.98 Å². The summed E-state index contributed by atoms with van der Waals surface area (Å²) in [4.78, 5) is 11.9. The lowest BCUT2D eigenvalue weighted by Gasteiger charge is -2.05. The second kappa shape index (κ2) is 7.21. The molecule has 0 fully saturated rings. The van der Waals surface area contributed by atoms with Gasteiger partial charge in [-0.2, -0.15) is 0 Å². The first-order chi connectivity index (χ1) is 11.7. The Kier molecular flexibility index (Phi) is 5.02. The van der Waals surface area contributed by atoms with Crippen molar-refractivity contribution in [3.05, 3.63) is 75.9 Å². The van der Waals surface area contributed by atoms with E-state index in [0.717, 1.165) is 22.7 Å². The normalized spacial score (nSPS) is 11.1. The minimum Gasteiger partial charge on any atom is -0.277 e. The predicted octanol–water partition coefficient (Wildman–Crippen LogP) is 5.69. The highest BCUT2D eigenvalue weighted by atomic mass is 35.5. The molecule has 0 aliphatic heterocycles. The van der Waals surface area contributed by atoms with Crippen molar-refractivity contribution in [1.82, 2.24) is 14.5 Å². The lowest BCUT2D eigenvalue weighted by atomic mass is 10.2. The van der Waals surface area contributed by atoms with Crippen LogP contribution in [-0.2, 0) is 0 Å². The molecule has 0 aliphatic rings. The van der Waals surface area contributed by atoms with Gasteiger partial charge in [0, 0.05) is 16.0 Å². The first-order valence-corrected chi connectivity index (χ1v) is 8.68. The zero-order valence-corrected chi connectivity index (χ0v) is 15.6. The second-order valence-electron chi connectivity index (χ2n) is 5.68. The smallest absolute Gasteiger partial charge is 0.139 e. The average molecular weight is 368 g/mol. The topological polar surface area (TPSA) is 30.7 Å². The van der Waals surface area contributed by atoms with Crippen LogP contribution in [0.3, 0.4) is 0 Å². The summed E-state index contributed by atoms with van der Waals surface area (Å²) in [5, 5.41) is 0. The number of aryl methyl sites for hydroxylation is 2. The Morgan fingerprint density at radius 3 is 2.52 bits per heavy atom. The molecule has 0 unspecified atom stereocenters. The number of fused-ring (bicyclic) bond motifs is 1. The first kappa shape index (κ1) is 17.4. The van der Waals surface area contributed by atoms with Crippen LogP contribution < -0.4 is 0 Å². The zero-order valence-electron chi connectivity index (χ0n) is 14.0. The molecule has 25 heavy (non-hydrogen) atoms. The van der Waals surface area contributed by atoms with E-state index in [1.807, 2.05) is 53.9 Å². The fourth-order valence-corrected chi connectivity index (χ4v) is 3.78. The molecule has 4 aromatic rings. The molecule has 0 amide bonds. The summed E-state index contributed by atoms with van der Waals surface area (Å²) in [7, 11) is 0. The Balaban J connectivity index is 0.00000182. The van der Waals surface area contributed by atoms with Crippen LogP contribution in [0.5, 0.6) is 0 Å². The third-order valence-corrected chi connectivity index (χ3v) is 4.94. The molecule has 0 saturated heterocycles. The number of imidazole rings is 1. The molecule has 0 saturated carbocycles. The number of hydrogen-bond acceptors (Lipinski definition) is 3. The van der Waals surface area contributed by atoms with Crippen LogP contribution in [-0.4, -0.2) is 14.5 Å². The van der Waals surface area contributed by atoms with Crippen molar-refractivity contribution in [3.63, 3.8) is 0 Å². The van der Waals surface area contributed by atoms with Gasteiger partial charge < -0.3 is 0 Å². The molecule has 4 rings (SSSR count). The average Bonchev–Trinajstić information content (AvgIpc) is 3.12. The standard InChI is InChI=1S/C20H17N3S.ClH/c1-14-13-16(15(2)24-14)10-11-20-22-17-7-3-4-8-18(17)23(20)19-9-5-6-12-21-19;/h3-13H,1-2H3;1H. The van der Waals surface area contributed by atoms with Gasteiger partial charge in [-0.25, -0.2) is 9.97 Å². The Hall–Kier alpha value is -2.43. The van der Waals surface area contributed by atoms with Crippen molar-refractivity contribution in [1.29, 1.82) is 0 Å². The SMILES string of the molecule is Cc1cc(C=Cc2nc3ccccc3n2-c2ccccn2)c(C)s1.Cl. The van der Waals surface area contributed by atoms with E-state index >= 15 is 0 Å². The number of thiophene rings is 1. The Morgan fingerprint density at radius 1 is 1.00 bits per heavy atom. The van der Waals surface area contributed by atoms with Crippen LogP contribution in [0.4, 0.5) is 0 Å². The van der Waals surface area contributed by atoms with Gasteiger partial charge in [-0.05, 0) is 55.8 Å². The van der Waals surface area contributed by atoms with E-state index in [1.54, 1.807) is 0 Å². The number of halogens is 1. The summed E-state index contributed by atoms with van der Waals surface area (Å²) in [6.07, 6.45) is 6.02. The minimum atomic E-state index is 0. The Labute approximate surface area is 157 Å². The van der Waals surface area contributed by atoms with Crippen LogP contribution in [0.2, 0.25) is 0 Å². The van der Waals surface area contributed by atoms with E-state index in [9.17, 15) is 0 Å². The van der Waals surface area contributed by atoms with Crippen molar-refractivity contribution in [2.24, 2.45) is 0 Å². The highest BCUT2D eigenvalue weighted by Gasteiger charge is 2.11. The predicted molar refractivity (Wildman–Crippen MR) is 109 cm³/mol. The second-order valence-corrected chi connectivity index (χ2v) is 7.14. The zero-order chi connectivity index (χ0) is 16.5. The molecule has 0 radical (unpaired) electrons. The maximum absolute atomic E-state index is 4.78. The third-order valence-electron chi connectivity index (χ3n) is 3.96. The summed E-state index contributed by atoms with van der Waals surface area (Å²) in [6, 6.07) is 16.3. The number of hydrogen-bond donors (Lipinski definition) is 0. The quantitative estimate of drug-likeness (QED) is 0.465. The van der Waals surface area contributed by atoms with Gasteiger partial charge in [0.05, 0.1) is 11.0 Å². The van der Waals surface area contributed by atoms with Crippen molar-refractivity contribution >= 4 is 46.9 Å².